The number of halogens is 1. The zero-order valence-electron chi connectivity index (χ0n) is 6.60. The first-order valence-electron chi connectivity index (χ1n) is 3.86. The topological polar surface area (TPSA) is 15.3 Å². The van der Waals surface area contributed by atoms with Crippen molar-refractivity contribution in [1.29, 1.82) is 0 Å². The maximum absolute atomic E-state index is 3.31. The third-order valence-corrected chi connectivity index (χ3v) is 1.77. The summed E-state index contributed by atoms with van der Waals surface area (Å²) in [5.74, 6) is 0. The Hall–Kier alpha value is 0.210. The van der Waals surface area contributed by atoms with Crippen molar-refractivity contribution in [1.82, 2.24) is 10.2 Å². The summed E-state index contributed by atoms with van der Waals surface area (Å²) < 4.78 is 0. The SMILES string of the molecule is CCCCN1CCNC1.Cl. The van der Waals surface area contributed by atoms with Crippen molar-refractivity contribution in [3.63, 3.8) is 0 Å². The molecule has 1 heterocycles. The van der Waals surface area contributed by atoms with E-state index in [4.69, 9.17) is 0 Å². The molecule has 0 aromatic rings. The summed E-state index contributed by atoms with van der Waals surface area (Å²) in [7, 11) is 0. The van der Waals surface area contributed by atoms with Crippen LogP contribution >= 0.6 is 12.4 Å². The molecule has 1 rings (SSSR count). The Balaban J connectivity index is 0.000000810. The van der Waals surface area contributed by atoms with Gasteiger partial charge in [0.1, 0.15) is 0 Å². The van der Waals surface area contributed by atoms with Crippen LogP contribution in [-0.2, 0) is 0 Å². The van der Waals surface area contributed by atoms with Crippen LogP contribution in [0.4, 0.5) is 0 Å². The van der Waals surface area contributed by atoms with E-state index in [-0.39, 0.29) is 12.4 Å². The summed E-state index contributed by atoms with van der Waals surface area (Å²) in [4.78, 5) is 2.46. The number of nitrogens with one attached hydrogen (secondary N) is 1. The minimum atomic E-state index is 0. The summed E-state index contributed by atoms with van der Waals surface area (Å²) in [6, 6.07) is 0. The van der Waals surface area contributed by atoms with Crippen molar-refractivity contribution in [2.45, 2.75) is 19.8 Å². The van der Waals surface area contributed by atoms with Gasteiger partial charge >= 0.3 is 0 Å². The van der Waals surface area contributed by atoms with E-state index < -0.39 is 0 Å². The van der Waals surface area contributed by atoms with E-state index in [1.54, 1.807) is 0 Å². The van der Waals surface area contributed by atoms with Crippen molar-refractivity contribution in [2.24, 2.45) is 0 Å². The van der Waals surface area contributed by atoms with Gasteiger partial charge in [0, 0.05) is 19.8 Å². The maximum Gasteiger partial charge on any atom is 0.0481 e. The lowest BCUT2D eigenvalue weighted by Gasteiger charge is -2.11. The quantitative estimate of drug-likeness (QED) is 0.672. The van der Waals surface area contributed by atoms with Gasteiger partial charge in [0.2, 0.25) is 0 Å². The van der Waals surface area contributed by atoms with Crippen LogP contribution in [0.2, 0.25) is 0 Å². The highest BCUT2D eigenvalue weighted by Crippen LogP contribution is 1.95. The van der Waals surface area contributed by atoms with E-state index in [0.717, 1.165) is 6.67 Å². The summed E-state index contributed by atoms with van der Waals surface area (Å²) in [5, 5.41) is 3.31. The molecule has 0 spiro atoms. The number of rotatable bonds is 3. The predicted molar refractivity (Wildman–Crippen MR) is 46.6 cm³/mol. The lowest BCUT2D eigenvalue weighted by molar-refractivity contribution is 0.329. The van der Waals surface area contributed by atoms with Crippen molar-refractivity contribution < 1.29 is 0 Å². The van der Waals surface area contributed by atoms with Crippen molar-refractivity contribution in [2.75, 3.05) is 26.3 Å². The second-order valence-corrected chi connectivity index (χ2v) is 2.63. The van der Waals surface area contributed by atoms with Gasteiger partial charge in [-0.2, -0.15) is 0 Å². The number of unbranched alkanes of at least 4 members (excludes halogenated alkanes) is 1. The van der Waals surface area contributed by atoms with Crippen LogP contribution in [0, 0.1) is 0 Å². The molecule has 0 aromatic heterocycles. The Labute approximate surface area is 69.4 Å². The molecule has 62 valence electrons. The smallest absolute Gasteiger partial charge is 0.0481 e. The molecule has 0 saturated carbocycles. The number of nitrogens with zero attached hydrogens (tertiary/aromatic N) is 1. The molecular formula is C7H17ClN2. The molecule has 0 unspecified atom stereocenters. The van der Waals surface area contributed by atoms with E-state index >= 15 is 0 Å². The maximum atomic E-state index is 3.31. The molecule has 2 nitrogen and oxygen atoms in total. The van der Waals surface area contributed by atoms with Gasteiger partial charge in [-0.1, -0.05) is 13.3 Å². The van der Waals surface area contributed by atoms with Gasteiger partial charge in [0.25, 0.3) is 0 Å². The lowest BCUT2D eigenvalue weighted by Crippen LogP contribution is -2.22. The molecule has 1 N–H and O–H groups in total. The largest absolute Gasteiger partial charge is 0.303 e. The monoisotopic (exact) mass is 164 g/mol. The van der Waals surface area contributed by atoms with Gasteiger partial charge in [0.05, 0.1) is 0 Å². The Morgan fingerprint density at radius 2 is 2.30 bits per heavy atom. The van der Waals surface area contributed by atoms with Crippen LogP contribution in [0.15, 0.2) is 0 Å². The third-order valence-electron chi connectivity index (χ3n) is 1.77. The molecule has 0 radical (unpaired) electrons. The third kappa shape index (κ3) is 3.40. The minimum absolute atomic E-state index is 0. The highest BCUT2D eigenvalue weighted by atomic mass is 35.5. The van der Waals surface area contributed by atoms with Gasteiger partial charge in [-0.15, -0.1) is 12.4 Å². The Morgan fingerprint density at radius 3 is 2.80 bits per heavy atom. The molecule has 1 aliphatic heterocycles. The van der Waals surface area contributed by atoms with Gasteiger partial charge < -0.3 is 5.32 Å². The zero-order valence-corrected chi connectivity index (χ0v) is 7.41. The highest BCUT2D eigenvalue weighted by molar-refractivity contribution is 5.85. The van der Waals surface area contributed by atoms with Gasteiger partial charge in [0.15, 0.2) is 0 Å². The first kappa shape index (κ1) is 10.2. The first-order chi connectivity index (χ1) is 4.43. The summed E-state index contributed by atoms with van der Waals surface area (Å²) in [5.41, 5.74) is 0. The summed E-state index contributed by atoms with van der Waals surface area (Å²) >= 11 is 0. The normalized spacial score (nSPS) is 18.9. The average molecular weight is 165 g/mol. The van der Waals surface area contributed by atoms with Crippen molar-refractivity contribution in [3.05, 3.63) is 0 Å². The second-order valence-electron chi connectivity index (χ2n) is 2.63. The fourth-order valence-electron chi connectivity index (χ4n) is 1.13. The Bertz CT molecular complexity index is 72.0. The standard InChI is InChI=1S/C7H16N2.ClH/c1-2-3-5-9-6-4-8-7-9;/h8H,2-7H2,1H3;1H. The molecule has 0 aliphatic carbocycles. The van der Waals surface area contributed by atoms with Crippen LogP contribution in [0.1, 0.15) is 19.8 Å². The van der Waals surface area contributed by atoms with Crippen LogP contribution in [0.3, 0.4) is 0 Å². The van der Waals surface area contributed by atoms with Crippen LogP contribution in [-0.4, -0.2) is 31.2 Å². The first-order valence-corrected chi connectivity index (χ1v) is 3.86. The molecule has 0 aromatic carbocycles. The van der Waals surface area contributed by atoms with E-state index in [0.29, 0.717) is 0 Å². The molecular weight excluding hydrogens is 148 g/mol. The predicted octanol–water partition coefficient (Wildman–Crippen LogP) is 1.07. The molecule has 1 fully saturated rings. The van der Waals surface area contributed by atoms with Gasteiger partial charge in [-0.25, -0.2) is 0 Å². The molecule has 1 saturated heterocycles. The Morgan fingerprint density at radius 1 is 1.50 bits per heavy atom. The summed E-state index contributed by atoms with van der Waals surface area (Å²) in [6.45, 7) is 7.07. The number of hydrogen-bond donors (Lipinski definition) is 1. The zero-order chi connectivity index (χ0) is 6.53. The molecule has 10 heavy (non-hydrogen) atoms. The van der Waals surface area contributed by atoms with Crippen molar-refractivity contribution >= 4 is 12.4 Å². The molecule has 0 atom stereocenters. The fraction of sp³-hybridized carbons (Fsp3) is 1.00. The molecule has 3 heteroatoms. The van der Waals surface area contributed by atoms with E-state index in [9.17, 15) is 0 Å². The van der Waals surface area contributed by atoms with Gasteiger partial charge in [-0.3, -0.25) is 4.90 Å². The van der Waals surface area contributed by atoms with Crippen LogP contribution in [0.25, 0.3) is 0 Å². The summed E-state index contributed by atoms with van der Waals surface area (Å²) in [6.07, 6.45) is 2.66. The van der Waals surface area contributed by atoms with E-state index in [1.165, 1.54) is 32.5 Å². The van der Waals surface area contributed by atoms with Crippen LogP contribution < -0.4 is 5.32 Å². The van der Waals surface area contributed by atoms with Crippen molar-refractivity contribution in [3.8, 4) is 0 Å². The second kappa shape index (κ2) is 5.96. The van der Waals surface area contributed by atoms with Gasteiger partial charge in [-0.05, 0) is 13.0 Å². The van der Waals surface area contributed by atoms with E-state index in [2.05, 4.69) is 17.1 Å². The van der Waals surface area contributed by atoms with Crippen LogP contribution in [0.5, 0.6) is 0 Å². The average Bonchev–Trinajstić information content (AvgIpc) is 2.34. The molecule has 1 aliphatic rings. The highest BCUT2D eigenvalue weighted by Gasteiger charge is 2.07. The lowest BCUT2D eigenvalue weighted by atomic mass is 10.3. The molecule has 0 amide bonds. The Kier molecular flexibility index (Phi) is 6.08. The number of hydrogen-bond acceptors (Lipinski definition) is 2. The minimum Gasteiger partial charge on any atom is -0.303 e. The van der Waals surface area contributed by atoms with E-state index in [1.807, 2.05) is 0 Å². The fourth-order valence-corrected chi connectivity index (χ4v) is 1.13. The molecule has 0 bridgehead atoms.